The Hall–Kier alpha value is -3.75. The van der Waals surface area contributed by atoms with Gasteiger partial charge in [-0.3, -0.25) is 14.2 Å². The quantitative estimate of drug-likeness (QED) is 0.754. The van der Waals surface area contributed by atoms with Gasteiger partial charge in [0, 0.05) is 13.0 Å². The molecule has 2 atom stereocenters. The van der Waals surface area contributed by atoms with E-state index in [0.29, 0.717) is 12.5 Å². The van der Waals surface area contributed by atoms with Crippen molar-refractivity contribution in [3.8, 4) is 17.6 Å². The number of fused-ring (bicyclic) bond motifs is 5. The number of aromatic nitrogens is 2. The summed E-state index contributed by atoms with van der Waals surface area (Å²) in [6.07, 6.45) is -5.10. The fourth-order valence-corrected chi connectivity index (χ4v) is 4.32. The van der Waals surface area contributed by atoms with Crippen LogP contribution in [-0.4, -0.2) is 42.7 Å². The molecule has 2 N–H and O–H groups in total. The van der Waals surface area contributed by atoms with Crippen molar-refractivity contribution >= 4 is 11.9 Å². The molecule has 31 heavy (non-hydrogen) atoms. The number of aromatic hydroxyl groups is 1. The van der Waals surface area contributed by atoms with Crippen molar-refractivity contribution in [2.45, 2.75) is 37.5 Å². The van der Waals surface area contributed by atoms with Crippen LogP contribution < -0.4 is 5.69 Å². The number of hydrogen-bond acceptors (Lipinski definition) is 5. The number of alkyl halides is 3. The third kappa shape index (κ3) is 3.13. The van der Waals surface area contributed by atoms with Crippen LogP contribution in [-0.2, 0) is 15.8 Å². The molecular weight excluding hydrogens is 421 g/mol. The minimum atomic E-state index is -4.84. The summed E-state index contributed by atoms with van der Waals surface area (Å²) in [4.78, 5) is 37.4. The zero-order valence-corrected chi connectivity index (χ0v) is 15.8. The highest BCUT2D eigenvalue weighted by molar-refractivity contribution is 5.81. The van der Waals surface area contributed by atoms with E-state index in [1.807, 2.05) is 0 Å². The first-order chi connectivity index (χ1) is 14.5. The van der Waals surface area contributed by atoms with Crippen molar-refractivity contribution in [2.24, 2.45) is 0 Å². The molecule has 2 aliphatic rings. The van der Waals surface area contributed by atoms with Crippen LogP contribution in [0.1, 0.15) is 48.2 Å². The molecule has 162 valence electrons. The molecule has 3 heterocycles. The smallest absolute Gasteiger partial charge is 0.417 e. The molecule has 2 aromatic rings. The number of halogens is 3. The molecule has 1 aromatic carbocycles. The molecule has 9 nitrogen and oxygen atoms in total. The Morgan fingerprint density at radius 1 is 1.26 bits per heavy atom. The van der Waals surface area contributed by atoms with Gasteiger partial charge in [0.15, 0.2) is 0 Å². The number of amides is 1. The van der Waals surface area contributed by atoms with Gasteiger partial charge in [0.25, 0.3) is 0 Å². The SMILES string of the molecule is N#Cc1ccc(-n2c(O)c3n(c2=O)[C@H]2C[C@@H]3N(C(=O)CCC(=O)O)C2)cc1C(F)(F)F. The first kappa shape index (κ1) is 20.5. The van der Waals surface area contributed by atoms with E-state index in [1.54, 1.807) is 0 Å². The van der Waals surface area contributed by atoms with Crippen molar-refractivity contribution < 1.29 is 33.0 Å². The Morgan fingerprint density at radius 2 is 1.97 bits per heavy atom. The molecule has 1 aromatic heterocycles. The second-order valence-electron chi connectivity index (χ2n) is 7.38. The van der Waals surface area contributed by atoms with E-state index < -0.39 is 52.8 Å². The molecule has 1 fully saturated rings. The zero-order chi connectivity index (χ0) is 22.7. The lowest BCUT2D eigenvalue weighted by Gasteiger charge is -2.27. The highest BCUT2D eigenvalue weighted by Crippen LogP contribution is 2.49. The number of rotatable bonds is 4. The van der Waals surface area contributed by atoms with E-state index in [1.165, 1.54) is 15.5 Å². The number of likely N-dealkylation sites (tertiary alicyclic amines) is 1. The number of aliphatic carboxylic acids is 1. The lowest BCUT2D eigenvalue weighted by atomic mass is 10.1. The molecule has 0 radical (unpaired) electrons. The van der Waals surface area contributed by atoms with Gasteiger partial charge < -0.3 is 15.1 Å². The number of imidazole rings is 1. The van der Waals surface area contributed by atoms with Crippen LogP contribution in [0.25, 0.3) is 5.69 Å². The first-order valence-electron chi connectivity index (χ1n) is 9.23. The van der Waals surface area contributed by atoms with Crippen LogP contribution in [0.4, 0.5) is 13.2 Å². The average Bonchev–Trinajstić information content (AvgIpc) is 3.36. The second-order valence-corrected chi connectivity index (χ2v) is 7.38. The lowest BCUT2D eigenvalue weighted by molar-refractivity contribution is -0.141. The van der Waals surface area contributed by atoms with E-state index in [9.17, 15) is 32.7 Å². The van der Waals surface area contributed by atoms with Gasteiger partial charge in [0.1, 0.15) is 5.69 Å². The minimum Gasteiger partial charge on any atom is -0.493 e. The number of carboxylic acids is 1. The van der Waals surface area contributed by atoms with Crippen LogP contribution in [0.3, 0.4) is 0 Å². The van der Waals surface area contributed by atoms with E-state index in [-0.39, 0.29) is 30.8 Å². The lowest BCUT2D eigenvalue weighted by Crippen LogP contribution is -2.37. The minimum absolute atomic E-state index is 0.0999. The number of carbonyl (C=O) groups is 2. The van der Waals surface area contributed by atoms with Gasteiger partial charge in [0.05, 0.1) is 41.4 Å². The van der Waals surface area contributed by atoms with E-state index in [2.05, 4.69) is 0 Å². The molecule has 1 saturated heterocycles. The van der Waals surface area contributed by atoms with E-state index in [0.717, 1.165) is 16.7 Å². The average molecular weight is 436 g/mol. The number of carbonyl (C=O) groups excluding carboxylic acids is 1. The molecule has 0 unspecified atom stereocenters. The van der Waals surface area contributed by atoms with Crippen molar-refractivity contribution in [1.29, 1.82) is 5.26 Å². The Morgan fingerprint density at radius 3 is 2.58 bits per heavy atom. The summed E-state index contributed by atoms with van der Waals surface area (Å²) in [6, 6.07) is 2.96. The predicted molar refractivity (Wildman–Crippen MR) is 96.4 cm³/mol. The highest BCUT2D eigenvalue weighted by Gasteiger charge is 2.49. The fourth-order valence-electron chi connectivity index (χ4n) is 4.32. The van der Waals surface area contributed by atoms with Crippen LogP contribution in [0, 0.1) is 11.3 Å². The van der Waals surface area contributed by atoms with Gasteiger partial charge in [-0.1, -0.05) is 0 Å². The van der Waals surface area contributed by atoms with Gasteiger partial charge in [-0.05, 0) is 24.6 Å². The maximum Gasteiger partial charge on any atom is 0.417 e. The van der Waals surface area contributed by atoms with Crippen LogP contribution >= 0.6 is 0 Å². The molecule has 2 aliphatic heterocycles. The topological polar surface area (TPSA) is 129 Å². The standard InChI is InChI=1S/C19H15F3N4O5/c20-19(21,22)12-5-10(2-1-9(12)7-23)26-17(30)16-13-6-11(25(16)18(26)31)8-24(13)14(27)3-4-15(28)29/h1-2,5,11,13,30H,3-4,6,8H2,(H,28,29)/t11-,13-/m0/s1. The first-order valence-corrected chi connectivity index (χ1v) is 9.23. The summed E-state index contributed by atoms with van der Waals surface area (Å²) in [5.74, 6) is -2.17. The maximum atomic E-state index is 13.3. The highest BCUT2D eigenvalue weighted by atomic mass is 19.4. The maximum absolute atomic E-state index is 13.3. The Labute approximate surface area is 172 Å². The van der Waals surface area contributed by atoms with Gasteiger partial charge >= 0.3 is 17.8 Å². The number of nitrogens with zero attached hydrogens (tertiary/aromatic N) is 4. The van der Waals surface area contributed by atoms with Crippen molar-refractivity contribution in [3.63, 3.8) is 0 Å². The van der Waals surface area contributed by atoms with Crippen LogP contribution in [0.5, 0.6) is 5.88 Å². The largest absolute Gasteiger partial charge is 0.493 e. The molecule has 4 rings (SSSR count). The predicted octanol–water partition coefficient (Wildman–Crippen LogP) is 1.93. The van der Waals surface area contributed by atoms with Crippen molar-refractivity contribution in [3.05, 3.63) is 45.5 Å². The summed E-state index contributed by atoms with van der Waals surface area (Å²) in [5, 5.41) is 28.4. The molecule has 2 bridgehead atoms. The van der Waals surface area contributed by atoms with E-state index in [4.69, 9.17) is 10.4 Å². The van der Waals surface area contributed by atoms with Gasteiger partial charge in [-0.15, -0.1) is 0 Å². The van der Waals surface area contributed by atoms with E-state index >= 15 is 0 Å². The summed E-state index contributed by atoms with van der Waals surface area (Å²) in [6.45, 7) is 0.140. The van der Waals surface area contributed by atoms with Crippen molar-refractivity contribution in [2.75, 3.05) is 6.54 Å². The molecule has 0 spiro atoms. The summed E-state index contributed by atoms with van der Waals surface area (Å²) < 4.78 is 41.9. The molecule has 0 aliphatic carbocycles. The molecule has 0 saturated carbocycles. The zero-order valence-electron chi connectivity index (χ0n) is 15.8. The Bertz CT molecular complexity index is 1210. The van der Waals surface area contributed by atoms with Gasteiger partial charge in [-0.25, -0.2) is 9.36 Å². The third-order valence-corrected chi connectivity index (χ3v) is 5.62. The fraction of sp³-hybridized carbons (Fsp3) is 0.368. The number of hydrogen-bond donors (Lipinski definition) is 2. The normalized spacial score (nSPS) is 19.4. The molecule has 1 amide bonds. The molecular formula is C19H15F3N4O5. The Kier molecular flexibility index (Phi) is 4.57. The Balaban J connectivity index is 1.76. The molecule has 12 heteroatoms. The number of carboxylic acid groups (broad SMARTS) is 1. The van der Waals surface area contributed by atoms with Crippen LogP contribution in [0.2, 0.25) is 0 Å². The number of nitriles is 1. The summed E-state index contributed by atoms with van der Waals surface area (Å²) in [7, 11) is 0. The summed E-state index contributed by atoms with van der Waals surface area (Å²) in [5.41, 5.74) is -2.78. The number of benzene rings is 1. The third-order valence-electron chi connectivity index (χ3n) is 5.62. The van der Waals surface area contributed by atoms with Gasteiger partial charge in [-0.2, -0.15) is 18.4 Å². The summed E-state index contributed by atoms with van der Waals surface area (Å²) >= 11 is 0. The van der Waals surface area contributed by atoms with Crippen LogP contribution in [0.15, 0.2) is 23.0 Å². The second kappa shape index (κ2) is 6.90. The monoisotopic (exact) mass is 436 g/mol. The van der Waals surface area contributed by atoms with Gasteiger partial charge in [0.2, 0.25) is 11.8 Å². The van der Waals surface area contributed by atoms with Crippen molar-refractivity contribution in [1.82, 2.24) is 14.0 Å².